The Labute approximate surface area is 150 Å². The topological polar surface area (TPSA) is 78.4 Å². The van der Waals surface area contributed by atoms with Gasteiger partial charge in [-0.3, -0.25) is 9.88 Å². The highest BCUT2D eigenvalue weighted by atomic mass is 35.5. The molecule has 1 aliphatic heterocycles. The second-order valence-corrected chi connectivity index (χ2v) is 7.00. The number of nitrogens with one attached hydrogen (secondary N) is 1. The Bertz CT molecular complexity index is 807. The van der Waals surface area contributed by atoms with Crippen LogP contribution < -0.4 is 10.2 Å². The minimum absolute atomic E-state index is 0.200. The minimum Gasteiger partial charge on any atom is -0.385 e. The van der Waals surface area contributed by atoms with Crippen LogP contribution in [0.5, 0.6) is 0 Å². The van der Waals surface area contributed by atoms with Gasteiger partial charge in [0.1, 0.15) is 5.15 Å². The highest BCUT2D eigenvalue weighted by molar-refractivity contribution is 6.29. The van der Waals surface area contributed by atoms with Crippen LogP contribution in [0.4, 0.5) is 10.5 Å². The lowest BCUT2D eigenvalue weighted by atomic mass is 9.91. The summed E-state index contributed by atoms with van der Waals surface area (Å²) in [6, 6.07) is 5.02. The zero-order valence-corrected chi connectivity index (χ0v) is 14.4. The summed E-state index contributed by atoms with van der Waals surface area (Å²) in [4.78, 5) is 22.5. The Morgan fingerprint density at radius 1 is 1.28 bits per heavy atom. The van der Waals surface area contributed by atoms with Gasteiger partial charge in [0, 0.05) is 24.5 Å². The van der Waals surface area contributed by atoms with E-state index in [9.17, 15) is 9.90 Å². The fraction of sp³-hybridized carbons (Fsp3) is 0.389. The van der Waals surface area contributed by atoms with Crippen molar-refractivity contribution in [2.24, 2.45) is 0 Å². The summed E-state index contributed by atoms with van der Waals surface area (Å²) in [5.74, 6) is 0. The molecule has 4 rings (SSSR count). The molecule has 25 heavy (non-hydrogen) atoms. The van der Waals surface area contributed by atoms with Crippen LogP contribution in [0.15, 0.2) is 36.8 Å². The van der Waals surface area contributed by atoms with Gasteiger partial charge in [-0.1, -0.05) is 24.4 Å². The Morgan fingerprint density at radius 3 is 2.84 bits per heavy atom. The van der Waals surface area contributed by atoms with Crippen LogP contribution >= 0.6 is 11.6 Å². The fourth-order valence-electron chi connectivity index (χ4n) is 3.87. The molecule has 0 aromatic carbocycles. The molecule has 2 fully saturated rings. The zero-order chi connectivity index (χ0) is 17.4. The van der Waals surface area contributed by atoms with Gasteiger partial charge in [-0.05, 0) is 36.6 Å². The lowest BCUT2D eigenvalue weighted by molar-refractivity contribution is 0.0449. The molecule has 2 amide bonds. The van der Waals surface area contributed by atoms with Crippen LogP contribution in [-0.2, 0) is 5.60 Å². The van der Waals surface area contributed by atoms with E-state index in [0.29, 0.717) is 30.2 Å². The van der Waals surface area contributed by atoms with E-state index in [1.165, 1.54) is 0 Å². The van der Waals surface area contributed by atoms with Gasteiger partial charge >= 0.3 is 6.03 Å². The van der Waals surface area contributed by atoms with Crippen LogP contribution in [0.1, 0.15) is 42.9 Å². The first-order valence-corrected chi connectivity index (χ1v) is 8.82. The van der Waals surface area contributed by atoms with E-state index < -0.39 is 5.60 Å². The van der Waals surface area contributed by atoms with E-state index in [1.807, 2.05) is 12.1 Å². The minimum atomic E-state index is -0.901. The van der Waals surface area contributed by atoms with Crippen LogP contribution in [0.2, 0.25) is 5.15 Å². The first kappa shape index (κ1) is 16.3. The number of halogens is 1. The normalized spacial score (nSPS) is 22.2. The molecule has 130 valence electrons. The molecule has 2 aromatic rings. The van der Waals surface area contributed by atoms with Crippen molar-refractivity contribution in [3.05, 3.63) is 53.1 Å². The molecule has 2 aliphatic rings. The van der Waals surface area contributed by atoms with E-state index in [2.05, 4.69) is 15.3 Å². The van der Waals surface area contributed by atoms with E-state index in [-0.39, 0.29) is 12.1 Å². The third kappa shape index (κ3) is 2.85. The van der Waals surface area contributed by atoms with Crippen molar-refractivity contribution in [2.75, 3.05) is 11.4 Å². The number of pyridine rings is 2. The summed E-state index contributed by atoms with van der Waals surface area (Å²) in [7, 11) is 0. The molecule has 0 spiro atoms. The first-order valence-electron chi connectivity index (χ1n) is 8.44. The average molecular weight is 359 g/mol. The molecular formula is C18H19ClN4O2. The van der Waals surface area contributed by atoms with Gasteiger partial charge < -0.3 is 10.4 Å². The molecule has 0 bridgehead atoms. The van der Waals surface area contributed by atoms with Crippen molar-refractivity contribution in [3.8, 4) is 0 Å². The second-order valence-electron chi connectivity index (χ2n) is 6.62. The van der Waals surface area contributed by atoms with Crippen molar-refractivity contribution in [1.29, 1.82) is 0 Å². The number of carbonyl (C=O) groups excluding carboxylic acids is 1. The molecule has 1 saturated heterocycles. The van der Waals surface area contributed by atoms with Crippen LogP contribution in [0, 0.1) is 0 Å². The molecule has 2 aromatic heterocycles. The quantitative estimate of drug-likeness (QED) is 0.826. The van der Waals surface area contributed by atoms with Gasteiger partial charge in [-0.2, -0.15) is 0 Å². The second kappa shape index (κ2) is 6.28. The molecule has 0 radical (unpaired) electrons. The summed E-state index contributed by atoms with van der Waals surface area (Å²) < 4.78 is 0. The van der Waals surface area contributed by atoms with Crippen LogP contribution in [-0.4, -0.2) is 27.7 Å². The SMILES string of the molecule is O=C1NCC(c2ccnc(Cl)c2)N1c1cnccc1C1(O)CCCC1. The summed E-state index contributed by atoms with van der Waals surface area (Å²) >= 11 is 6.02. The van der Waals surface area contributed by atoms with Crippen LogP contribution in [0.3, 0.4) is 0 Å². The van der Waals surface area contributed by atoms with Crippen molar-refractivity contribution >= 4 is 23.3 Å². The average Bonchev–Trinajstić information content (AvgIpc) is 3.22. The van der Waals surface area contributed by atoms with Gasteiger partial charge in [0.25, 0.3) is 0 Å². The van der Waals surface area contributed by atoms with Gasteiger partial charge in [-0.25, -0.2) is 9.78 Å². The third-order valence-electron chi connectivity index (χ3n) is 5.10. The number of hydrogen-bond acceptors (Lipinski definition) is 4. The van der Waals surface area contributed by atoms with Crippen molar-refractivity contribution < 1.29 is 9.90 Å². The maximum absolute atomic E-state index is 12.6. The maximum Gasteiger partial charge on any atom is 0.322 e. The molecule has 7 heteroatoms. The zero-order valence-electron chi connectivity index (χ0n) is 13.7. The predicted octanol–water partition coefficient (Wildman–Crippen LogP) is 3.16. The number of aliphatic hydroxyl groups is 1. The van der Waals surface area contributed by atoms with Gasteiger partial charge in [-0.15, -0.1) is 0 Å². The van der Waals surface area contributed by atoms with E-state index in [4.69, 9.17) is 11.6 Å². The molecule has 6 nitrogen and oxygen atoms in total. The highest BCUT2D eigenvalue weighted by Gasteiger charge is 2.40. The van der Waals surface area contributed by atoms with Gasteiger partial charge in [0.2, 0.25) is 0 Å². The molecule has 2 N–H and O–H groups in total. The van der Waals surface area contributed by atoms with Gasteiger partial charge in [0.05, 0.1) is 23.5 Å². The first-order chi connectivity index (χ1) is 12.1. The Morgan fingerprint density at radius 2 is 2.08 bits per heavy atom. The third-order valence-corrected chi connectivity index (χ3v) is 5.31. The number of hydrogen-bond donors (Lipinski definition) is 2. The van der Waals surface area contributed by atoms with Crippen molar-refractivity contribution in [1.82, 2.24) is 15.3 Å². The van der Waals surface area contributed by atoms with Crippen LogP contribution in [0.25, 0.3) is 0 Å². The van der Waals surface area contributed by atoms with E-state index in [0.717, 1.165) is 24.0 Å². The monoisotopic (exact) mass is 358 g/mol. The Balaban J connectivity index is 1.78. The maximum atomic E-state index is 12.6. The summed E-state index contributed by atoms with van der Waals surface area (Å²) in [6.07, 6.45) is 8.32. The standard InChI is InChI=1S/C18H19ClN4O2/c19-16-9-12(3-8-21-16)14-11-22-17(24)23(14)15-10-20-7-4-13(15)18(25)5-1-2-6-18/h3-4,7-10,14,25H,1-2,5-6,11H2,(H,22,24). The van der Waals surface area contributed by atoms with E-state index in [1.54, 1.807) is 29.6 Å². The van der Waals surface area contributed by atoms with E-state index >= 15 is 0 Å². The smallest absolute Gasteiger partial charge is 0.322 e. The number of amides is 2. The predicted molar refractivity (Wildman–Crippen MR) is 94.5 cm³/mol. The Hall–Kier alpha value is -2.18. The number of urea groups is 1. The molecular weight excluding hydrogens is 340 g/mol. The molecule has 1 unspecified atom stereocenters. The number of aromatic nitrogens is 2. The molecule has 3 heterocycles. The lowest BCUT2D eigenvalue weighted by Crippen LogP contribution is -2.33. The Kier molecular flexibility index (Phi) is 4.09. The highest BCUT2D eigenvalue weighted by Crippen LogP contribution is 2.44. The van der Waals surface area contributed by atoms with Crippen molar-refractivity contribution in [2.45, 2.75) is 37.3 Å². The summed E-state index contributed by atoms with van der Waals surface area (Å²) in [5, 5.41) is 14.3. The fourth-order valence-corrected chi connectivity index (χ4v) is 4.05. The number of nitrogens with zero attached hydrogens (tertiary/aromatic N) is 3. The number of carbonyl (C=O) groups is 1. The number of rotatable bonds is 3. The molecule has 1 aliphatic carbocycles. The lowest BCUT2D eigenvalue weighted by Gasteiger charge is -2.31. The largest absolute Gasteiger partial charge is 0.385 e. The summed E-state index contributed by atoms with van der Waals surface area (Å²) in [5.41, 5.74) is 1.41. The molecule has 1 atom stereocenters. The van der Waals surface area contributed by atoms with Gasteiger partial charge in [0.15, 0.2) is 0 Å². The van der Waals surface area contributed by atoms with Crippen molar-refractivity contribution in [3.63, 3.8) is 0 Å². The summed E-state index contributed by atoms with van der Waals surface area (Å²) in [6.45, 7) is 0.464. The molecule has 1 saturated carbocycles. The number of anilines is 1.